The molecular formula is C15H11F2NO. The van der Waals surface area contributed by atoms with Gasteiger partial charge in [0, 0.05) is 5.56 Å². The molecule has 2 aromatic rings. The summed E-state index contributed by atoms with van der Waals surface area (Å²) in [6, 6.07) is 12.0. The Kier molecular flexibility index (Phi) is 3.76. The largest absolute Gasteiger partial charge is 0.484 e. The molecule has 1 unspecified atom stereocenters. The maximum Gasteiger partial charge on any atom is 0.144 e. The van der Waals surface area contributed by atoms with Gasteiger partial charge in [-0.2, -0.15) is 5.26 Å². The van der Waals surface area contributed by atoms with Crippen LogP contribution in [0.1, 0.15) is 24.2 Å². The van der Waals surface area contributed by atoms with Gasteiger partial charge in [0.25, 0.3) is 0 Å². The second kappa shape index (κ2) is 5.49. The third-order valence-corrected chi connectivity index (χ3v) is 2.73. The van der Waals surface area contributed by atoms with Crippen molar-refractivity contribution in [2.45, 2.75) is 13.0 Å². The van der Waals surface area contributed by atoms with Gasteiger partial charge >= 0.3 is 0 Å². The van der Waals surface area contributed by atoms with E-state index in [1.165, 1.54) is 24.3 Å². The van der Waals surface area contributed by atoms with E-state index in [1.54, 1.807) is 31.2 Å². The fourth-order valence-corrected chi connectivity index (χ4v) is 1.77. The molecule has 0 aliphatic carbocycles. The van der Waals surface area contributed by atoms with Crippen molar-refractivity contribution in [2.24, 2.45) is 0 Å². The molecular weight excluding hydrogens is 248 g/mol. The maximum atomic E-state index is 13.6. The number of hydrogen-bond acceptors (Lipinski definition) is 2. The SMILES string of the molecule is CC(Oc1cccc(F)c1C#N)c1ccccc1F. The number of ether oxygens (including phenoxy) is 1. The summed E-state index contributed by atoms with van der Waals surface area (Å²) in [5.74, 6) is -0.941. The zero-order valence-corrected chi connectivity index (χ0v) is 10.2. The lowest BCUT2D eigenvalue weighted by molar-refractivity contribution is 0.220. The summed E-state index contributed by atoms with van der Waals surface area (Å²) in [7, 11) is 0. The number of nitriles is 1. The molecule has 0 aliphatic heterocycles. The van der Waals surface area contributed by atoms with Crippen LogP contribution in [0.25, 0.3) is 0 Å². The number of benzene rings is 2. The Morgan fingerprint density at radius 3 is 2.42 bits per heavy atom. The van der Waals surface area contributed by atoms with Crippen LogP contribution in [-0.4, -0.2) is 0 Å². The lowest BCUT2D eigenvalue weighted by Gasteiger charge is -2.16. The molecule has 0 saturated heterocycles. The van der Waals surface area contributed by atoms with Crippen LogP contribution in [0.15, 0.2) is 42.5 Å². The fraction of sp³-hybridized carbons (Fsp3) is 0.133. The average molecular weight is 259 g/mol. The molecule has 0 amide bonds. The minimum absolute atomic E-state index is 0.109. The molecule has 2 rings (SSSR count). The van der Waals surface area contributed by atoms with Crippen LogP contribution in [0.5, 0.6) is 5.75 Å². The second-order valence-corrected chi connectivity index (χ2v) is 4.01. The minimum atomic E-state index is -0.652. The molecule has 19 heavy (non-hydrogen) atoms. The van der Waals surface area contributed by atoms with E-state index in [2.05, 4.69) is 0 Å². The third-order valence-electron chi connectivity index (χ3n) is 2.73. The van der Waals surface area contributed by atoms with Crippen LogP contribution < -0.4 is 4.74 Å². The van der Waals surface area contributed by atoms with Crippen LogP contribution in [-0.2, 0) is 0 Å². The van der Waals surface area contributed by atoms with Crippen molar-refractivity contribution in [3.63, 3.8) is 0 Å². The number of halogens is 2. The van der Waals surface area contributed by atoms with Crippen molar-refractivity contribution in [3.8, 4) is 11.8 Å². The highest BCUT2D eigenvalue weighted by Gasteiger charge is 2.15. The van der Waals surface area contributed by atoms with Gasteiger partial charge in [-0.25, -0.2) is 8.78 Å². The van der Waals surface area contributed by atoms with Crippen molar-refractivity contribution in [1.82, 2.24) is 0 Å². The number of nitrogens with zero attached hydrogens (tertiary/aromatic N) is 1. The quantitative estimate of drug-likeness (QED) is 0.835. The average Bonchev–Trinajstić information content (AvgIpc) is 2.39. The van der Waals surface area contributed by atoms with E-state index < -0.39 is 17.7 Å². The molecule has 0 N–H and O–H groups in total. The van der Waals surface area contributed by atoms with E-state index in [4.69, 9.17) is 10.00 Å². The van der Waals surface area contributed by atoms with E-state index in [0.717, 1.165) is 0 Å². The topological polar surface area (TPSA) is 33.0 Å². The molecule has 0 aliphatic rings. The first kappa shape index (κ1) is 13.0. The molecule has 4 heteroatoms. The monoisotopic (exact) mass is 259 g/mol. The maximum absolute atomic E-state index is 13.6. The van der Waals surface area contributed by atoms with Gasteiger partial charge in [0.05, 0.1) is 0 Å². The Hall–Kier alpha value is -2.41. The third kappa shape index (κ3) is 2.71. The Morgan fingerprint density at radius 1 is 1.05 bits per heavy atom. The van der Waals surface area contributed by atoms with Gasteiger partial charge in [0.2, 0.25) is 0 Å². The van der Waals surface area contributed by atoms with E-state index in [1.807, 2.05) is 0 Å². The van der Waals surface area contributed by atoms with Crippen molar-refractivity contribution in [3.05, 3.63) is 65.2 Å². The van der Waals surface area contributed by atoms with E-state index in [-0.39, 0.29) is 11.3 Å². The Bertz CT molecular complexity index is 634. The molecule has 0 aromatic heterocycles. The smallest absolute Gasteiger partial charge is 0.144 e. The highest BCUT2D eigenvalue weighted by Crippen LogP contribution is 2.27. The Morgan fingerprint density at radius 2 is 1.74 bits per heavy atom. The summed E-state index contributed by atoms with van der Waals surface area (Å²) >= 11 is 0. The first-order valence-electron chi connectivity index (χ1n) is 5.73. The molecule has 2 aromatic carbocycles. The summed E-state index contributed by atoms with van der Waals surface area (Å²) < 4.78 is 32.5. The molecule has 2 nitrogen and oxygen atoms in total. The molecule has 0 saturated carbocycles. The summed E-state index contributed by atoms with van der Waals surface area (Å²) in [5, 5.41) is 8.89. The van der Waals surface area contributed by atoms with Gasteiger partial charge < -0.3 is 4.74 Å². The van der Waals surface area contributed by atoms with Crippen molar-refractivity contribution in [1.29, 1.82) is 5.26 Å². The Balaban J connectivity index is 2.30. The molecule has 96 valence electrons. The van der Waals surface area contributed by atoms with Gasteiger partial charge in [0.1, 0.15) is 35.1 Å². The summed E-state index contributed by atoms with van der Waals surface area (Å²) in [4.78, 5) is 0. The van der Waals surface area contributed by atoms with Crippen molar-refractivity contribution >= 4 is 0 Å². The van der Waals surface area contributed by atoms with Crippen LogP contribution in [0.4, 0.5) is 8.78 Å². The summed E-state index contributed by atoms with van der Waals surface area (Å²) in [5.41, 5.74) is 0.182. The zero-order valence-electron chi connectivity index (χ0n) is 10.2. The van der Waals surface area contributed by atoms with Crippen LogP contribution in [0.3, 0.4) is 0 Å². The van der Waals surface area contributed by atoms with Crippen molar-refractivity contribution in [2.75, 3.05) is 0 Å². The standard InChI is InChI=1S/C15H11F2NO/c1-10(11-5-2-3-6-13(11)16)19-15-8-4-7-14(17)12(15)9-18/h2-8,10H,1H3. The van der Waals surface area contributed by atoms with Gasteiger partial charge in [-0.05, 0) is 25.1 Å². The molecule has 0 bridgehead atoms. The zero-order chi connectivity index (χ0) is 13.8. The second-order valence-electron chi connectivity index (χ2n) is 4.01. The molecule has 0 fully saturated rings. The lowest BCUT2D eigenvalue weighted by atomic mass is 10.1. The van der Waals surface area contributed by atoms with Crippen LogP contribution >= 0.6 is 0 Å². The van der Waals surface area contributed by atoms with Gasteiger partial charge in [-0.1, -0.05) is 24.3 Å². The first-order valence-corrected chi connectivity index (χ1v) is 5.73. The van der Waals surface area contributed by atoms with Gasteiger partial charge in [-0.3, -0.25) is 0 Å². The first-order chi connectivity index (χ1) is 9.13. The Labute approximate surface area is 109 Å². The highest BCUT2D eigenvalue weighted by atomic mass is 19.1. The van der Waals surface area contributed by atoms with E-state index >= 15 is 0 Å². The number of hydrogen-bond donors (Lipinski definition) is 0. The number of rotatable bonds is 3. The fourth-order valence-electron chi connectivity index (χ4n) is 1.77. The van der Waals surface area contributed by atoms with Gasteiger partial charge in [0.15, 0.2) is 0 Å². The molecule has 0 heterocycles. The van der Waals surface area contributed by atoms with Crippen LogP contribution in [0.2, 0.25) is 0 Å². The molecule has 1 atom stereocenters. The van der Waals surface area contributed by atoms with Crippen LogP contribution in [0, 0.1) is 23.0 Å². The normalized spacial score (nSPS) is 11.7. The summed E-state index contributed by atoms with van der Waals surface area (Å²) in [6.45, 7) is 1.64. The summed E-state index contributed by atoms with van der Waals surface area (Å²) in [6.07, 6.45) is -0.616. The van der Waals surface area contributed by atoms with E-state index in [0.29, 0.717) is 5.56 Å². The predicted octanol–water partition coefficient (Wildman–Crippen LogP) is 3.98. The predicted molar refractivity (Wildman–Crippen MR) is 66.6 cm³/mol. The highest BCUT2D eigenvalue weighted by molar-refractivity contribution is 5.44. The van der Waals surface area contributed by atoms with Crippen molar-refractivity contribution < 1.29 is 13.5 Å². The molecule has 0 radical (unpaired) electrons. The minimum Gasteiger partial charge on any atom is -0.484 e. The van der Waals surface area contributed by atoms with E-state index in [9.17, 15) is 8.78 Å². The molecule has 0 spiro atoms. The lowest BCUT2D eigenvalue weighted by Crippen LogP contribution is -2.06. The van der Waals surface area contributed by atoms with Gasteiger partial charge in [-0.15, -0.1) is 0 Å².